The largest absolute Gasteiger partial charge is 0.496 e. The third-order valence-electron chi connectivity index (χ3n) is 3.28. The van der Waals surface area contributed by atoms with Crippen LogP contribution in [0.3, 0.4) is 0 Å². The Labute approximate surface area is 125 Å². The lowest BCUT2D eigenvalue weighted by Gasteiger charge is -2.14. The monoisotopic (exact) mass is 287 g/mol. The maximum absolute atomic E-state index is 5.87. The van der Waals surface area contributed by atoms with Crippen LogP contribution in [0.1, 0.15) is 16.7 Å². The molecule has 4 heteroatoms. The highest BCUT2D eigenvalue weighted by molar-refractivity contribution is 5.43. The zero-order valence-corrected chi connectivity index (χ0v) is 12.7. The van der Waals surface area contributed by atoms with Crippen molar-refractivity contribution < 1.29 is 14.2 Å². The lowest BCUT2D eigenvalue weighted by atomic mass is 10.1. The molecular weight excluding hydrogens is 266 g/mol. The summed E-state index contributed by atoms with van der Waals surface area (Å²) in [6.45, 7) is 2.94. The van der Waals surface area contributed by atoms with Crippen LogP contribution in [0.4, 0.5) is 0 Å². The first-order chi connectivity index (χ1) is 10.2. The van der Waals surface area contributed by atoms with Crippen LogP contribution in [-0.4, -0.2) is 14.2 Å². The fourth-order valence-corrected chi connectivity index (χ4v) is 2.13. The molecule has 2 aromatic rings. The highest BCUT2D eigenvalue weighted by atomic mass is 16.5. The van der Waals surface area contributed by atoms with Crippen molar-refractivity contribution in [3.05, 3.63) is 53.1 Å². The van der Waals surface area contributed by atoms with Gasteiger partial charge in [-0.25, -0.2) is 0 Å². The van der Waals surface area contributed by atoms with E-state index in [0.717, 1.165) is 16.9 Å². The summed E-state index contributed by atoms with van der Waals surface area (Å²) in [7, 11) is 3.28. The van der Waals surface area contributed by atoms with E-state index < -0.39 is 0 Å². The van der Waals surface area contributed by atoms with E-state index in [4.69, 9.17) is 19.9 Å². The van der Waals surface area contributed by atoms with Crippen LogP contribution < -0.4 is 19.9 Å². The normalized spacial score (nSPS) is 10.3. The first-order valence-electron chi connectivity index (χ1n) is 6.81. The molecule has 0 aliphatic rings. The zero-order valence-electron chi connectivity index (χ0n) is 12.7. The van der Waals surface area contributed by atoms with Crippen molar-refractivity contribution in [2.45, 2.75) is 20.1 Å². The Bertz CT molecular complexity index is 611. The molecule has 2 N–H and O–H groups in total. The van der Waals surface area contributed by atoms with Crippen molar-refractivity contribution in [1.29, 1.82) is 0 Å². The lowest BCUT2D eigenvalue weighted by molar-refractivity contribution is 0.278. The second-order valence-corrected chi connectivity index (χ2v) is 4.79. The van der Waals surface area contributed by atoms with Crippen LogP contribution in [0.2, 0.25) is 0 Å². The summed E-state index contributed by atoms with van der Waals surface area (Å²) < 4.78 is 16.6. The van der Waals surface area contributed by atoms with E-state index in [2.05, 4.69) is 6.07 Å². The number of methoxy groups -OCH3 is 2. The summed E-state index contributed by atoms with van der Waals surface area (Å²) in [4.78, 5) is 0. The van der Waals surface area contributed by atoms with Gasteiger partial charge in [0.05, 0.1) is 14.2 Å². The maximum atomic E-state index is 5.87. The van der Waals surface area contributed by atoms with E-state index in [1.54, 1.807) is 14.2 Å². The predicted octanol–water partition coefficient (Wildman–Crippen LogP) is 3.05. The highest BCUT2D eigenvalue weighted by Crippen LogP contribution is 2.30. The molecule has 4 nitrogen and oxygen atoms in total. The van der Waals surface area contributed by atoms with Gasteiger partial charge in [-0.05, 0) is 36.8 Å². The Morgan fingerprint density at radius 1 is 0.905 bits per heavy atom. The third kappa shape index (κ3) is 3.67. The molecule has 2 rings (SSSR count). The summed E-state index contributed by atoms with van der Waals surface area (Å²) in [5.74, 6) is 2.20. The van der Waals surface area contributed by atoms with Gasteiger partial charge in [0.25, 0.3) is 0 Å². The molecule has 21 heavy (non-hydrogen) atoms. The number of aryl methyl sites for hydroxylation is 1. The van der Waals surface area contributed by atoms with Crippen molar-refractivity contribution in [2.75, 3.05) is 14.2 Å². The molecule has 0 spiro atoms. The second-order valence-electron chi connectivity index (χ2n) is 4.79. The standard InChI is InChI=1S/C17H21NO3/c1-12-4-6-15(19-2)14(8-12)11-21-16-7-5-13(10-18)9-17(16)20-3/h4-9H,10-11,18H2,1-3H3. The Kier molecular flexibility index (Phi) is 5.06. The van der Waals surface area contributed by atoms with Gasteiger partial charge in [0.1, 0.15) is 12.4 Å². The molecule has 0 amide bonds. The Morgan fingerprint density at radius 3 is 2.29 bits per heavy atom. The van der Waals surface area contributed by atoms with Gasteiger partial charge in [0.2, 0.25) is 0 Å². The zero-order chi connectivity index (χ0) is 15.2. The van der Waals surface area contributed by atoms with Crippen LogP contribution in [-0.2, 0) is 13.2 Å². The summed E-state index contributed by atoms with van der Waals surface area (Å²) in [6, 6.07) is 11.7. The van der Waals surface area contributed by atoms with Gasteiger partial charge in [-0.1, -0.05) is 17.7 Å². The molecule has 0 fully saturated rings. The smallest absolute Gasteiger partial charge is 0.161 e. The molecule has 0 bridgehead atoms. The van der Waals surface area contributed by atoms with Crippen LogP contribution in [0.5, 0.6) is 17.2 Å². The number of rotatable bonds is 6. The molecule has 112 valence electrons. The van der Waals surface area contributed by atoms with Crippen LogP contribution in [0.25, 0.3) is 0 Å². The molecule has 0 aromatic heterocycles. The molecule has 0 unspecified atom stereocenters. The van der Waals surface area contributed by atoms with E-state index in [0.29, 0.717) is 24.7 Å². The van der Waals surface area contributed by atoms with Gasteiger partial charge in [-0.2, -0.15) is 0 Å². The highest BCUT2D eigenvalue weighted by Gasteiger charge is 2.08. The molecule has 0 aliphatic heterocycles. The van der Waals surface area contributed by atoms with Crippen molar-refractivity contribution in [3.63, 3.8) is 0 Å². The van der Waals surface area contributed by atoms with Crippen LogP contribution in [0, 0.1) is 6.92 Å². The summed E-state index contributed by atoms with van der Waals surface area (Å²) in [6.07, 6.45) is 0. The molecular formula is C17H21NO3. The van der Waals surface area contributed by atoms with Crippen LogP contribution >= 0.6 is 0 Å². The minimum absolute atomic E-state index is 0.420. The molecule has 2 aromatic carbocycles. The topological polar surface area (TPSA) is 53.7 Å². The van der Waals surface area contributed by atoms with Crippen molar-refractivity contribution in [3.8, 4) is 17.2 Å². The third-order valence-corrected chi connectivity index (χ3v) is 3.28. The Morgan fingerprint density at radius 2 is 1.62 bits per heavy atom. The molecule has 0 saturated carbocycles. The van der Waals surface area contributed by atoms with Gasteiger partial charge in [-0.3, -0.25) is 0 Å². The SMILES string of the molecule is COc1ccc(C)cc1COc1ccc(CN)cc1OC. The number of nitrogens with two attached hydrogens (primary N) is 1. The quantitative estimate of drug-likeness (QED) is 0.887. The van der Waals surface area contributed by atoms with Gasteiger partial charge in [0.15, 0.2) is 11.5 Å². The van der Waals surface area contributed by atoms with Gasteiger partial charge >= 0.3 is 0 Å². The number of hydrogen-bond acceptors (Lipinski definition) is 4. The molecule has 0 radical (unpaired) electrons. The summed E-state index contributed by atoms with van der Waals surface area (Å²) in [5, 5.41) is 0. The number of hydrogen-bond donors (Lipinski definition) is 1. The first kappa shape index (κ1) is 15.2. The number of benzene rings is 2. The van der Waals surface area contributed by atoms with E-state index >= 15 is 0 Å². The second kappa shape index (κ2) is 6.99. The lowest BCUT2D eigenvalue weighted by Crippen LogP contribution is -2.02. The van der Waals surface area contributed by atoms with Crippen molar-refractivity contribution >= 4 is 0 Å². The summed E-state index contributed by atoms with van der Waals surface area (Å²) >= 11 is 0. The Hall–Kier alpha value is -2.20. The summed E-state index contributed by atoms with van der Waals surface area (Å²) in [5.41, 5.74) is 8.81. The first-order valence-corrected chi connectivity index (χ1v) is 6.81. The van der Waals surface area contributed by atoms with E-state index in [-0.39, 0.29) is 0 Å². The fourth-order valence-electron chi connectivity index (χ4n) is 2.13. The maximum Gasteiger partial charge on any atom is 0.161 e. The number of ether oxygens (including phenoxy) is 3. The van der Waals surface area contributed by atoms with Crippen molar-refractivity contribution in [1.82, 2.24) is 0 Å². The molecule has 0 heterocycles. The van der Waals surface area contributed by atoms with E-state index in [9.17, 15) is 0 Å². The average Bonchev–Trinajstić information content (AvgIpc) is 2.52. The van der Waals surface area contributed by atoms with Crippen LogP contribution in [0.15, 0.2) is 36.4 Å². The molecule has 0 aliphatic carbocycles. The minimum atomic E-state index is 0.420. The minimum Gasteiger partial charge on any atom is -0.496 e. The van der Waals surface area contributed by atoms with Gasteiger partial charge in [0, 0.05) is 12.1 Å². The van der Waals surface area contributed by atoms with E-state index in [1.165, 1.54) is 5.56 Å². The molecule has 0 atom stereocenters. The van der Waals surface area contributed by atoms with Gasteiger partial charge in [-0.15, -0.1) is 0 Å². The molecule has 0 saturated heterocycles. The van der Waals surface area contributed by atoms with Gasteiger partial charge < -0.3 is 19.9 Å². The average molecular weight is 287 g/mol. The van der Waals surface area contributed by atoms with Crippen molar-refractivity contribution in [2.24, 2.45) is 5.73 Å². The fraction of sp³-hybridized carbons (Fsp3) is 0.294. The van der Waals surface area contributed by atoms with E-state index in [1.807, 2.05) is 37.3 Å². The predicted molar refractivity (Wildman–Crippen MR) is 82.9 cm³/mol. The Balaban J connectivity index is 2.18.